The van der Waals surface area contributed by atoms with Crippen LogP contribution in [0, 0.1) is 11.6 Å². The number of para-hydroxylation sites is 1. The number of carbonyl (C=O) groups is 1. The number of aromatic amines is 1. The Morgan fingerprint density at radius 3 is 2.76 bits per heavy atom. The second-order valence-electron chi connectivity index (χ2n) is 3.69. The summed E-state index contributed by atoms with van der Waals surface area (Å²) < 4.78 is 1.90. The van der Waals surface area contributed by atoms with E-state index < -0.39 is 0 Å². The van der Waals surface area contributed by atoms with Crippen LogP contribution in [0.3, 0.4) is 0 Å². The van der Waals surface area contributed by atoms with Gasteiger partial charge in [-0.1, -0.05) is 30.4 Å². The van der Waals surface area contributed by atoms with Crippen LogP contribution in [0.5, 0.6) is 0 Å². The maximum Gasteiger partial charge on any atom is 0.279 e. The smallest absolute Gasteiger partial charge is 0.279 e. The van der Waals surface area contributed by atoms with E-state index in [4.69, 9.17) is 12.2 Å². The zero-order chi connectivity index (χ0) is 12.4. The van der Waals surface area contributed by atoms with Crippen molar-refractivity contribution in [2.45, 2.75) is 6.92 Å². The van der Waals surface area contributed by atoms with Crippen LogP contribution >= 0.6 is 12.2 Å². The maximum absolute atomic E-state index is 11.9. The Balaban J connectivity index is 2.27. The molecule has 0 saturated heterocycles. The fourth-order valence-electron chi connectivity index (χ4n) is 1.42. The third kappa shape index (κ3) is 2.26. The summed E-state index contributed by atoms with van der Waals surface area (Å²) in [5.74, 6) is -0.304. The lowest BCUT2D eigenvalue weighted by molar-refractivity contribution is 0.102. The number of aromatic nitrogens is 3. The summed E-state index contributed by atoms with van der Waals surface area (Å²) in [5, 5.41) is 9.26. The summed E-state index contributed by atoms with van der Waals surface area (Å²) in [6, 6.07) is 7.54. The fraction of sp³-hybridized carbons (Fsp3) is 0.182. The summed E-state index contributed by atoms with van der Waals surface area (Å²) in [4.78, 5) is 11.9. The van der Waals surface area contributed by atoms with E-state index >= 15 is 0 Å². The van der Waals surface area contributed by atoms with Crippen molar-refractivity contribution < 1.29 is 4.79 Å². The monoisotopic (exact) mass is 248 g/mol. The van der Waals surface area contributed by atoms with Crippen LogP contribution in [0.25, 0.3) is 0 Å². The lowest BCUT2D eigenvalue weighted by atomic mass is 10.2. The molecule has 6 heteroatoms. The number of hydrogen-bond donors (Lipinski definition) is 2. The predicted molar refractivity (Wildman–Crippen MR) is 67.5 cm³/mol. The van der Waals surface area contributed by atoms with E-state index in [1.54, 1.807) is 7.05 Å². The van der Waals surface area contributed by atoms with E-state index in [9.17, 15) is 4.79 Å². The number of aryl methyl sites for hydroxylation is 2. The quantitative estimate of drug-likeness (QED) is 0.799. The van der Waals surface area contributed by atoms with Crippen LogP contribution in [0.1, 0.15) is 16.1 Å². The van der Waals surface area contributed by atoms with Crippen molar-refractivity contribution in [1.82, 2.24) is 15.0 Å². The molecule has 1 aromatic carbocycles. The fourth-order valence-corrected chi connectivity index (χ4v) is 1.60. The first-order valence-corrected chi connectivity index (χ1v) is 5.49. The number of hydrogen-bond acceptors (Lipinski definition) is 3. The summed E-state index contributed by atoms with van der Waals surface area (Å²) >= 11 is 5.06. The summed E-state index contributed by atoms with van der Waals surface area (Å²) in [6.45, 7) is 1.93. The maximum atomic E-state index is 11.9. The molecule has 2 N–H and O–H groups in total. The molecule has 2 aromatic rings. The zero-order valence-electron chi connectivity index (χ0n) is 9.52. The average Bonchev–Trinajstić information content (AvgIpc) is 2.63. The standard InChI is InChI=1S/C11H12N4OS/c1-7-5-3-4-6-8(7)12-10(16)9-11(17)15(2)14-13-9/h3-6,14H,1-2H3,(H,12,16). The molecule has 0 fully saturated rings. The van der Waals surface area contributed by atoms with Gasteiger partial charge >= 0.3 is 0 Å². The molecule has 0 aliphatic carbocycles. The number of amides is 1. The Hall–Kier alpha value is -1.95. The van der Waals surface area contributed by atoms with Gasteiger partial charge in [0, 0.05) is 12.7 Å². The Kier molecular flexibility index (Phi) is 3.06. The van der Waals surface area contributed by atoms with Gasteiger partial charge < -0.3 is 5.32 Å². The van der Waals surface area contributed by atoms with Crippen molar-refractivity contribution in [3.05, 3.63) is 40.2 Å². The highest BCUT2D eigenvalue weighted by Gasteiger charge is 2.13. The van der Waals surface area contributed by atoms with Crippen molar-refractivity contribution in [3.8, 4) is 0 Å². The molecule has 0 atom stereocenters. The van der Waals surface area contributed by atoms with Crippen molar-refractivity contribution >= 4 is 23.8 Å². The van der Waals surface area contributed by atoms with Crippen molar-refractivity contribution in [3.63, 3.8) is 0 Å². The van der Waals surface area contributed by atoms with Crippen molar-refractivity contribution in [1.29, 1.82) is 0 Å². The Labute approximate surface area is 103 Å². The van der Waals surface area contributed by atoms with E-state index in [1.807, 2.05) is 31.2 Å². The summed E-state index contributed by atoms with van der Waals surface area (Å²) in [6.07, 6.45) is 0. The van der Waals surface area contributed by atoms with Gasteiger partial charge in [0.15, 0.2) is 10.3 Å². The minimum Gasteiger partial charge on any atom is -0.320 e. The SMILES string of the molecule is Cc1ccccc1NC(=O)c1n[nH]n(C)c1=S. The normalized spacial score (nSPS) is 10.2. The molecular weight excluding hydrogens is 236 g/mol. The van der Waals surface area contributed by atoms with E-state index in [-0.39, 0.29) is 11.6 Å². The molecule has 0 saturated carbocycles. The molecule has 88 valence electrons. The molecule has 5 nitrogen and oxygen atoms in total. The van der Waals surface area contributed by atoms with E-state index in [0.29, 0.717) is 4.64 Å². The second kappa shape index (κ2) is 4.50. The molecule has 0 aliphatic heterocycles. The lowest BCUT2D eigenvalue weighted by Gasteiger charge is -2.05. The minimum atomic E-state index is -0.304. The van der Waals surface area contributed by atoms with Gasteiger partial charge in [-0.05, 0) is 18.6 Å². The lowest BCUT2D eigenvalue weighted by Crippen LogP contribution is -2.13. The first-order chi connectivity index (χ1) is 8.09. The van der Waals surface area contributed by atoms with Crippen LogP contribution in [0.2, 0.25) is 0 Å². The van der Waals surface area contributed by atoms with Gasteiger partial charge in [0.25, 0.3) is 5.91 Å². The molecule has 0 unspecified atom stereocenters. The number of H-pyrrole nitrogens is 1. The molecule has 1 amide bonds. The predicted octanol–water partition coefficient (Wildman–Crippen LogP) is 2.04. The van der Waals surface area contributed by atoms with Crippen LogP contribution < -0.4 is 5.32 Å². The number of rotatable bonds is 2. The highest BCUT2D eigenvalue weighted by atomic mass is 32.1. The van der Waals surface area contributed by atoms with E-state index in [1.165, 1.54) is 4.68 Å². The molecule has 2 rings (SSSR count). The molecule has 0 radical (unpaired) electrons. The molecule has 0 spiro atoms. The first kappa shape index (κ1) is 11.5. The molecule has 17 heavy (non-hydrogen) atoms. The van der Waals surface area contributed by atoms with Crippen LogP contribution in [0.15, 0.2) is 24.3 Å². The van der Waals surface area contributed by atoms with E-state index in [0.717, 1.165) is 11.3 Å². The first-order valence-electron chi connectivity index (χ1n) is 5.08. The molecule has 0 aliphatic rings. The second-order valence-corrected chi connectivity index (χ2v) is 4.08. The van der Waals surface area contributed by atoms with Gasteiger partial charge in [-0.3, -0.25) is 9.48 Å². The largest absolute Gasteiger partial charge is 0.320 e. The Bertz CT molecular complexity index is 614. The molecule has 0 bridgehead atoms. The van der Waals surface area contributed by atoms with Gasteiger partial charge in [0.2, 0.25) is 0 Å². The highest BCUT2D eigenvalue weighted by molar-refractivity contribution is 7.71. The number of carbonyl (C=O) groups excluding carboxylic acids is 1. The van der Waals surface area contributed by atoms with Gasteiger partial charge in [0.05, 0.1) is 0 Å². The number of nitrogens with zero attached hydrogens (tertiary/aromatic N) is 2. The third-order valence-corrected chi connectivity index (χ3v) is 2.89. The van der Waals surface area contributed by atoms with Crippen LogP contribution in [-0.2, 0) is 7.05 Å². The minimum absolute atomic E-state index is 0.228. The Morgan fingerprint density at radius 2 is 2.18 bits per heavy atom. The zero-order valence-corrected chi connectivity index (χ0v) is 10.3. The molecule has 1 heterocycles. The van der Waals surface area contributed by atoms with Crippen LogP contribution in [0.4, 0.5) is 5.69 Å². The Morgan fingerprint density at radius 1 is 1.47 bits per heavy atom. The van der Waals surface area contributed by atoms with Crippen molar-refractivity contribution in [2.24, 2.45) is 7.05 Å². The van der Waals surface area contributed by atoms with E-state index in [2.05, 4.69) is 15.6 Å². The molecule has 1 aromatic heterocycles. The highest BCUT2D eigenvalue weighted by Crippen LogP contribution is 2.14. The number of benzene rings is 1. The van der Waals surface area contributed by atoms with Gasteiger partial charge in [-0.25, -0.2) is 5.21 Å². The summed E-state index contributed by atoms with van der Waals surface area (Å²) in [7, 11) is 1.71. The van der Waals surface area contributed by atoms with Gasteiger partial charge in [-0.15, -0.1) is 0 Å². The number of anilines is 1. The average molecular weight is 248 g/mol. The third-order valence-electron chi connectivity index (χ3n) is 2.43. The van der Waals surface area contributed by atoms with Crippen LogP contribution in [-0.4, -0.2) is 20.9 Å². The van der Waals surface area contributed by atoms with Gasteiger partial charge in [-0.2, -0.15) is 5.10 Å². The molecular formula is C11H12N4OS. The number of nitrogens with one attached hydrogen (secondary N) is 2. The van der Waals surface area contributed by atoms with Crippen molar-refractivity contribution in [2.75, 3.05) is 5.32 Å². The van der Waals surface area contributed by atoms with Gasteiger partial charge in [0.1, 0.15) is 0 Å². The topological polar surface area (TPSA) is 62.7 Å². The summed E-state index contributed by atoms with van der Waals surface area (Å²) in [5.41, 5.74) is 1.98.